The molecule has 0 radical (unpaired) electrons. The molecule has 168 valence electrons. The second kappa shape index (κ2) is 9.41. The molecule has 2 aromatic rings. The summed E-state index contributed by atoms with van der Waals surface area (Å²) >= 11 is 0. The van der Waals surface area contributed by atoms with Gasteiger partial charge >= 0.3 is 0 Å². The van der Waals surface area contributed by atoms with Gasteiger partial charge in [-0.15, -0.1) is 0 Å². The van der Waals surface area contributed by atoms with Crippen molar-refractivity contribution >= 4 is 12.1 Å². The smallest absolute Gasteiger partial charge is 0.240 e. The van der Waals surface area contributed by atoms with E-state index in [1.807, 2.05) is 12.1 Å². The molecule has 0 atom stereocenters. The largest absolute Gasteiger partial charge is 0.507 e. The zero-order chi connectivity index (χ0) is 23.4. The highest BCUT2D eigenvalue weighted by molar-refractivity contribution is 5.83. The number of nitrogens with zero attached hydrogens (tertiary/aromatic N) is 1. The molecule has 0 aromatic heterocycles. The lowest BCUT2D eigenvalue weighted by atomic mass is 9.78. The molecular formula is C25H34N2O4. The number of hydrogen-bond donors (Lipinski definition) is 3. The average molecular weight is 427 g/mol. The molecule has 0 fully saturated rings. The molecule has 0 saturated heterocycles. The molecule has 0 spiro atoms. The first-order valence-electron chi connectivity index (χ1n) is 10.4. The van der Waals surface area contributed by atoms with Gasteiger partial charge < -0.3 is 14.9 Å². The fourth-order valence-electron chi connectivity index (χ4n) is 3.25. The van der Waals surface area contributed by atoms with Crippen molar-refractivity contribution in [3.05, 3.63) is 52.6 Å². The Balaban J connectivity index is 2.09. The van der Waals surface area contributed by atoms with Crippen molar-refractivity contribution in [2.45, 2.75) is 65.2 Å². The summed E-state index contributed by atoms with van der Waals surface area (Å²) in [5.41, 5.74) is 5.58. The summed E-state index contributed by atoms with van der Waals surface area (Å²) in [5.74, 6) is 0.514. The Kier molecular flexibility index (Phi) is 7.37. The number of ether oxygens (including phenoxy) is 1. The monoisotopic (exact) mass is 426 g/mol. The van der Waals surface area contributed by atoms with Gasteiger partial charge in [0, 0.05) is 6.42 Å². The number of nitrogens with one attached hydrogen (secondary N) is 1. The Labute approximate surface area is 185 Å². The summed E-state index contributed by atoms with van der Waals surface area (Å²) < 4.78 is 5.06. The number of phenolic OH excluding ortho intramolecular Hbond substituents is 2. The second-order valence-electron chi connectivity index (χ2n) is 9.76. The van der Waals surface area contributed by atoms with Crippen LogP contribution in [-0.2, 0) is 22.0 Å². The van der Waals surface area contributed by atoms with Gasteiger partial charge in [0.1, 0.15) is 5.75 Å². The number of rotatable bonds is 6. The maximum absolute atomic E-state index is 12.3. The fraction of sp³-hybridized carbons (Fsp3) is 0.440. The standard InChI is InChI=1S/C25H34N2O4/c1-24(2,3)18-12-16(13-19(23(18)30)25(4,5)6)9-11-22(29)27-26-15-17-8-10-20(28)21(14-17)31-7/h8,10,12-15,28,30H,9,11H2,1-7H3,(H,27,29). The third kappa shape index (κ3) is 6.48. The van der Waals surface area contributed by atoms with E-state index in [0.29, 0.717) is 23.5 Å². The zero-order valence-electron chi connectivity index (χ0n) is 19.5. The van der Waals surface area contributed by atoms with Gasteiger partial charge in [-0.3, -0.25) is 4.79 Å². The Hall–Kier alpha value is -3.02. The molecule has 3 N–H and O–H groups in total. The number of aromatic hydroxyl groups is 2. The van der Waals surface area contributed by atoms with Gasteiger partial charge in [0.15, 0.2) is 11.5 Å². The van der Waals surface area contributed by atoms with E-state index in [1.165, 1.54) is 19.4 Å². The van der Waals surface area contributed by atoms with Gasteiger partial charge in [-0.2, -0.15) is 5.10 Å². The van der Waals surface area contributed by atoms with E-state index in [4.69, 9.17) is 4.74 Å². The van der Waals surface area contributed by atoms with Crippen molar-refractivity contribution in [3.8, 4) is 17.2 Å². The molecule has 0 bridgehead atoms. The number of carbonyl (C=O) groups is 1. The van der Waals surface area contributed by atoms with E-state index in [-0.39, 0.29) is 28.9 Å². The predicted molar refractivity (Wildman–Crippen MR) is 124 cm³/mol. The fourth-order valence-corrected chi connectivity index (χ4v) is 3.25. The molecule has 0 aliphatic heterocycles. The molecule has 0 aliphatic rings. The number of aryl methyl sites for hydroxylation is 1. The third-order valence-electron chi connectivity index (χ3n) is 5.03. The Morgan fingerprint density at radius 2 is 1.61 bits per heavy atom. The minimum absolute atomic E-state index is 0.0434. The lowest BCUT2D eigenvalue weighted by Crippen LogP contribution is -2.20. The minimum atomic E-state index is -0.210. The Bertz CT molecular complexity index is 931. The molecule has 1 amide bonds. The van der Waals surface area contributed by atoms with Crippen LogP contribution in [0.25, 0.3) is 0 Å². The number of methoxy groups -OCH3 is 1. The van der Waals surface area contributed by atoms with Crippen LogP contribution < -0.4 is 10.2 Å². The SMILES string of the molecule is COc1cc(C=NNC(=O)CCc2cc(C(C)(C)C)c(O)c(C(C)(C)C)c2)ccc1O. The number of phenols is 2. The van der Waals surface area contributed by atoms with Gasteiger partial charge in [0.25, 0.3) is 0 Å². The summed E-state index contributed by atoms with van der Waals surface area (Å²) in [6.07, 6.45) is 2.31. The maximum Gasteiger partial charge on any atom is 0.240 e. The van der Waals surface area contributed by atoms with Crippen molar-refractivity contribution in [1.29, 1.82) is 0 Å². The van der Waals surface area contributed by atoms with Crippen LogP contribution in [-0.4, -0.2) is 29.4 Å². The van der Waals surface area contributed by atoms with Gasteiger partial charge in [0.05, 0.1) is 13.3 Å². The van der Waals surface area contributed by atoms with Crippen LogP contribution >= 0.6 is 0 Å². The quantitative estimate of drug-likeness (QED) is 0.458. The van der Waals surface area contributed by atoms with Crippen molar-refractivity contribution in [1.82, 2.24) is 5.43 Å². The van der Waals surface area contributed by atoms with Crippen LogP contribution in [0.2, 0.25) is 0 Å². The molecule has 0 heterocycles. The van der Waals surface area contributed by atoms with Crippen molar-refractivity contribution in [2.24, 2.45) is 5.10 Å². The molecule has 2 rings (SSSR count). The Morgan fingerprint density at radius 1 is 1.03 bits per heavy atom. The molecule has 6 heteroatoms. The first-order valence-corrected chi connectivity index (χ1v) is 10.4. The number of benzene rings is 2. The van der Waals surface area contributed by atoms with Gasteiger partial charge in [-0.05, 0) is 57.7 Å². The van der Waals surface area contributed by atoms with Crippen LogP contribution in [0.1, 0.15) is 70.2 Å². The van der Waals surface area contributed by atoms with Crippen LogP contribution in [0.3, 0.4) is 0 Å². The zero-order valence-corrected chi connectivity index (χ0v) is 19.5. The molecule has 0 saturated carbocycles. The maximum atomic E-state index is 12.3. The molecule has 0 aliphatic carbocycles. The van der Waals surface area contributed by atoms with Crippen LogP contribution in [0.4, 0.5) is 0 Å². The lowest BCUT2D eigenvalue weighted by Gasteiger charge is -2.28. The van der Waals surface area contributed by atoms with E-state index in [1.54, 1.807) is 12.1 Å². The highest BCUT2D eigenvalue weighted by Gasteiger charge is 2.26. The molecule has 31 heavy (non-hydrogen) atoms. The highest BCUT2D eigenvalue weighted by atomic mass is 16.5. The predicted octanol–water partition coefficient (Wildman–Crippen LogP) is 4.78. The number of hydrazone groups is 1. The number of amides is 1. The number of hydrogen-bond acceptors (Lipinski definition) is 5. The van der Waals surface area contributed by atoms with Crippen LogP contribution in [0.15, 0.2) is 35.4 Å². The molecular weight excluding hydrogens is 392 g/mol. The summed E-state index contributed by atoms with van der Waals surface area (Å²) in [7, 11) is 1.47. The average Bonchev–Trinajstić information content (AvgIpc) is 2.66. The Morgan fingerprint density at radius 3 is 2.13 bits per heavy atom. The summed E-state index contributed by atoms with van der Waals surface area (Å²) in [6.45, 7) is 12.4. The lowest BCUT2D eigenvalue weighted by molar-refractivity contribution is -0.121. The highest BCUT2D eigenvalue weighted by Crippen LogP contribution is 2.40. The number of carbonyl (C=O) groups excluding carboxylic acids is 1. The van der Waals surface area contributed by atoms with E-state index >= 15 is 0 Å². The summed E-state index contributed by atoms with van der Waals surface area (Å²) in [6, 6.07) is 8.79. The van der Waals surface area contributed by atoms with Gasteiger partial charge in [-0.25, -0.2) is 5.43 Å². The molecule has 2 aromatic carbocycles. The van der Waals surface area contributed by atoms with Crippen molar-refractivity contribution in [3.63, 3.8) is 0 Å². The van der Waals surface area contributed by atoms with Gasteiger partial charge in [-0.1, -0.05) is 53.7 Å². The van der Waals surface area contributed by atoms with E-state index in [0.717, 1.165) is 16.7 Å². The summed E-state index contributed by atoms with van der Waals surface area (Å²) in [4.78, 5) is 12.3. The molecule has 6 nitrogen and oxygen atoms in total. The third-order valence-corrected chi connectivity index (χ3v) is 5.03. The second-order valence-corrected chi connectivity index (χ2v) is 9.76. The molecule has 0 unspecified atom stereocenters. The van der Waals surface area contributed by atoms with Crippen molar-refractivity contribution in [2.75, 3.05) is 7.11 Å². The minimum Gasteiger partial charge on any atom is -0.507 e. The topological polar surface area (TPSA) is 91.2 Å². The summed E-state index contributed by atoms with van der Waals surface area (Å²) in [5, 5.41) is 24.4. The van der Waals surface area contributed by atoms with E-state index in [9.17, 15) is 15.0 Å². The van der Waals surface area contributed by atoms with Crippen molar-refractivity contribution < 1.29 is 19.7 Å². The first kappa shape index (κ1) is 24.3. The van der Waals surface area contributed by atoms with E-state index in [2.05, 4.69) is 52.1 Å². The first-order chi connectivity index (χ1) is 14.3. The van der Waals surface area contributed by atoms with Crippen LogP contribution in [0.5, 0.6) is 17.2 Å². The van der Waals surface area contributed by atoms with Crippen LogP contribution in [0, 0.1) is 0 Å². The normalized spacial score (nSPS) is 12.2. The van der Waals surface area contributed by atoms with E-state index < -0.39 is 0 Å². The van der Waals surface area contributed by atoms with Gasteiger partial charge in [0.2, 0.25) is 5.91 Å².